The van der Waals surface area contributed by atoms with Crippen LogP contribution in [0.5, 0.6) is 0 Å². The van der Waals surface area contributed by atoms with E-state index in [9.17, 15) is 18.0 Å². The molecule has 0 aromatic rings. The highest BCUT2D eigenvalue weighted by molar-refractivity contribution is 7.80. The molecule has 3 saturated heterocycles. The van der Waals surface area contributed by atoms with Gasteiger partial charge in [0.25, 0.3) is 5.91 Å². The molecule has 12 nitrogen and oxygen atoms in total. The summed E-state index contributed by atoms with van der Waals surface area (Å²) in [6.45, 7) is 4.06. The van der Waals surface area contributed by atoms with Gasteiger partial charge in [0.1, 0.15) is 6.04 Å². The quantitative estimate of drug-likeness (QED) is 0.296. The number of fused-ring (bicyclic) bond motifs is 2. The molecule has 148 valence electrons. The lowest BCUT2D eigenvalue weighted by molar-refractivity contribution is -0.139. The Morgan fingerprint density at radius 1 is 1.31 bits per heavy atom. The first-order valence-corrected chi connectivity index (χ1v) is 9.70. The molecule has 3 amide bonds. The van der Waals surface area contributed by atoms with Gasteiger partial charge in [0.05, 0.1) is 25.9 Å². The predicted octanol–water partition coefficient (Wildman–Crippen LogP) is -1.63. The third-order valence-electron chi connectivity index (χ3n) is 4.59. The van der Waals surface area contributed by atoms with Gasteiger partial charge in [-0.15, -0.1) is 4.28 Å². The first-order chi connectivity index (χ1) is 12.3. The Hall–Kier alpha value is -1.51. The van der Waals surface area contributed by atoms with E-state index in [0.29, 0.717) is 44.3 Å². The second-order valence-corrected chi connectivity index (χ2v) is 7.28. The van der Waals surface area contributed by atoms with E-state index in [-0.39, 0.29) is 6.54 Å². The largest absolute Gasteiger partial charge is 0.418 e. The van der Waals surface area contributed by atoms with E-state index in [1.54, 1.807) is 0 Å². The summed E-state index contributed by atoms with van der Waals surface area (Å²) in [6.07, 6.45) is 0.698. The molecule has 0 saturated carbocycles. The highest BCUT2D eigenvalue weighted by atomic mass is 32.3. The normalized spacial score (nSPS) is 27.0. The van der Waals surface area contributed by atoms with E-state index in [1.165, 1.54) is 4.90 Å². The zero-order chi connectivity index (χ0) is 18.7. The Labute approximate surface area is 150 Å². The molecule has 3 aliphatic rings. The van der Waals surface area contributed by atoms with Crippen LogP contribution in [0.2, 0.25) is 0 Å². The minimum absolute atomic E-state index is 0.139. The molecule has 2 atom stereocenters. The first kappa shape index (κ1) is 19.3. The maximum Gasteiger partial charge on any atom is 0.418 e. The standard InChI is InChI=1S/C13H22N4O8S/c18-12(14-24-8-5-15-3-6-23-7-4-15)11-2-1-10-9-16(11)13(19)17(10)25-26(20,21)22/h10-11H,1-9H2,(H,14,18)(H,20,21,22)/t10-,11+/m1/s1. The molecule has 0 aliphatic carbocycles. The van der Waals surface area contributed by atoms with Gasteiger partial charge >= 0.3 is 16.4 Å². The number of ether oxygens (including phenoxy) is 1. The van der Waals surface area contributed by atoms with Gasteiger partial charge in [-0.2, -0.15) is 13.5 Å². The number of amides is 3. The van der Waals surface area contributed by atoms with Gasteiger partial charge in [-0.1, -0.05) is 0 Å². The number of rotatable bonds is 7. The summed E-state index contributed by atoms with van der Waals surface area (Å²) >= 11 is 0. The second-order valence-electron chi connectivity index (χ2n) is 6.28. The molecule has 0 radical (unpaired) electrons. The van der Waals surface area contributed by atoms with E-state index in [2.05, 4.69) is 14.7 Å². The maximum absolute atomic E-state index is 12.3. The van der Waals surface area contributed by atoms with Gasteiger partial charge in [0, 0.05) is 26.2 Å². The summed E-state index contributed by atoms with van der Waals surface area (Å²) in [5, 5.41) is 0.599. The van der Waals surface area contributed by atoms with Crippen molar-refractivity contribution in [3.05, 3.63) is 0 Å². The average molecular weight is 394 g/mol. The number of urea groups is 1. The topological polar surface area (TPSA) is 138 Å². The molecule has 2 bridgehead atoms. The van der Waals surface area contributed by atoms with Crippen LogP contribution in [0.25, 0.3) is 0 Å². The number of nitrogens with one attached hydrogen (secondary N) is 1. The van der Waals surface area contributed by atoms with Crippen LogP contribution in [0.1, 0.15) is 12.8 Å². The number of carbonyl (C=O) groups excluding carboxylic acids is 2. The van der Waals surface area contributed by atoms with Crippen molar-refractivity contribution in [3.8, 4) is 0 Å². The molecule has 26 heavy (non-hydrogen) atoms. The summed E-state index contributed by atoms with van der Waals surface area (Å²) in [7, 11) is -4.81. The van der Waals surface area contributed by atoms with Crippen LogP contribution in [-0.2, 0) is 29.1 Å². The lowest BCUT2D eigenvalue weighted by atomic mass is 10.0. The van der Waals surface area contributed by atoms with E-state index >= 15 is 0 Å². The zero-order valence-electron chi connectivity index (χ0n) is 14.1. The summed E-state index contributed by atoms with van der Waals surface area (Å²) in [5.41, 5.74) is 2.34. The lowest BCUT2D eigenvalue weighted by Gasteiger charge is -2.29. The molecule has 3 aliphatic heterocycles. The van der Waals surface area contributed by atoms with Gasteiger partial charge in [-0.25, -0.2) is 10.3 Å². The number of piperidine rings is 1. The van der Waals surface area contributed by atoms with Crippen LogP contribution in [0.3, 0.4) is 0 Å². The molecule has 13 heteroatoms. The van der Waals surface area contributed by atoms with Gasteiger partial charge in [-0.05, 0) is 12.8 Å². The lowest BCUT2D eigenvalue weighted by Crippen LogP contribution is -2.50. The van der Waals surface area contributed by atoms with Crippen molar-refractivity contribution < 1.29 is 36.4 Å². The van der Waals surface area contributed by atoms with E-state index < -0.39 is 34.4 Å². The number of nitrogens with zero attached hydrogens (tertiary/aromatic N) is 3. The number of hydrogen-bond acceptors (Lipinski definition) is 8. The van der Waals surface area contributed by atoms with E-state index in [1.807, 2.05) is 0 Å². The minimum atomic E-state index is -4.81. The van der Waals surface area contributed by atoms with Crippen molar-refractivity contribution in [2.75, 3.05) is 46.0 Å². The second kappa shape index (κ2) is 8.02. The summed E-state index contributed by atoms with van der Waals surface area (Å²) in [4.78, 5) is 33.1. The third kappa shape index (κ3) is 4.61. The monoisotopic (exact) mass is 394 g/mol. The molecule has 0 unspecified atom stereocenters. The minimum Gasteiger partial charge on any atom is -0.379 e. The van der Waals surface area contributed by atoms with Gasteiger partial charge in [0.15, 0.2) is 0 Å². The van der Waals surface area contributed by atoms with Crippen LogP contribution < -0.4 is 5.48 Å². The SMILES string of the molecule is O=C(NOCCN1CCOCC1)[C@@H]1CC[C@@H]2CN1C(=O)N2OS(=O)(=O)O. The molecular weight excluding hydrogens is 372 g/mol. The molecule has 2 N–H and O–H groups in total. The average Bonchev–Trinajstić information content (AvgIpc) is 2.83. The molecule has 3 heterocycles. The summed E-state index contributed by atoms with van der Waals surface area (Å²) in [5.74, 6) is -0.479. The third-order valence-corrected chi connectivity index (χ3v) is 4.94. The van der Waals surface area contributed by atoms with Gasteiger partial charge < -0.3 is 9.64 Å². The van der Waals surface area contributed by atoms with Crippen molar-refractivity contribution in [1.82, 2.24) is 20.3 Å². The van der Waals surface area contributed by atoms with Crippen molar-refractivity contribution in [1.29, 1.82) is 0 Å². The zero-order valence-corrected chi connectivity index (χ0v) is 14.9. The van der Waals surface area contributed by atoms with Crippen molar-refractivity contribution in [2.24, 2.45) is 0 Å². The number of morpholine rings is 1. The van der Waals surface area contributed by atoms with Crippen LogP contribution in [-0.4, -0.2) is 97.9 Å². The Balaban J connectivity index is 1.46. The van der Waals surface area contributed by atoms with E-state index in [0.717, 1.165) is 13.1 Å². The Morgan fingerprint density at radius 2 is 2.04 bits per heavy atom. The van der Waals surface area contributed by atoms with Crippen LogP contribution in [0, 0.1) is 0 Å². The molecular formula is C13H22N4O8S. The first-order valence-electron chi connectivity index (χ1n) is 8.34. The van der Waals surface area contributed by atoms with Crippen molar-refractivity contribution >= 4 is 22.3 Å². The smallest absolute Gasteiger partial charge is 0.379 e. The number of carbonyl (C=O) groups is 2. The van der Waals surface area contributed by atoms with E-state index in [4.69, 9.17) is 14.1 Å². The van der Waals surface area contributed by atoms with Crippen molar-refractivity contribution in [3.63, 3.8) is 0 Å². The highest BCUT2D eigenvalue weighted by Gasteiger charge is 2.49. The summed E-state index contributed by atoms with van der Waals surface area (Å²) in [6, 6.07) is -2.09. The Morgan fingerprint density at radius 3 is 2.73 bits per heavy atom. The fraction of sp³-hybridized carbons (Fsp3) is 0.846. The fourth-order valence-corrected chi connectivity index (χ4v) is 3.68. The molecule has 0 aromatic carbocycles. The van der Waals surface area contributed by atoms with Crippen LogP contribution in [0.15, 0.2) is 0 Å². The molecule has 3 fully saturated rings. The van der Waals surface area contributed by atoms with Crippen LogP contribution >= 0.6 is 0 Å². The van der Waals surface area contributed by atoms with Crippen LogP contribution in [0.4, 0.5) is 4.79 Å². The summed E-state index contributed by atoms with van der Waals surface area (Å²) < 4.78 is 40.0. The fourth-order valence-electron chi connectivity index (χ4n) is 3.29. The molecule has 3 rings (SSSR count). The highest BCUT2D eigenvalue weighted by Crippen LogP contribution is 2.30. The Bertz CT molecular complexity index is 638. The van der Waals surface area contributed by atoms with Gasteiger partial charge in [0.2, 0.25) is 0 Å². The van der Waals surface area contributed by atoms with Crippen molar-refractivity contribution in [2.45, 2.75) is 24.9 Å². The number of hydrogen-bond donors (Lipinski definition) is 2. The molecule has 0 spiro atoms. The van der Waals surface area contributed by atoms with Gasteiger partial charge in [-0.3, -0.25) is 19.1 Å². The molecule has 0 aromatic heterocycles. The Kier molecular flexibility index (Phi) is 5.94. The number of hydroxylamine groups is 3. The maximum atomic E-state index is 12.3. The predicted molar refractivity (Wildman–Crippen MR) is 84.7 cm³/mol.